The van der Waals surface area contributed by atoms with E-state index >= 15 is 0 Å². The van der Waals surface area contributed by atoms with Gasteiger partial charge in [0.15, 0.2) is 23.3 Å². The summed E-state index contributed by atoms with van der Waals surface area (Å²) in [5.41, 5.74) is 0.294. The third kappa shape index (κ3) is 3.83. The smallest absolute Gasteiger partial charge is 0.229 e. The van der Waals surface area contributed by atoms with E-state index in [1.807, 2.05) is 0 Å². The van der Waals surface area contributed by atoms with Gasteiger partial charge < -0.3 is 5.32 Å². The third-order valence-electron chi connectivity index (χ3n) is 3.86. The molecule has 0 unspecified atom stereocenters. The molecule has 1 N–H and O–H groups in total. The standard InChI is InChI=1S/C19H12F5N3O/c1-9-25-6-5-13(26-9)10-3-2-4-11(7-10)27-14(28)8-12-15(20)17(22)19(24)18(23)16(12)21/h2-7H,8H2,1H3,(H,27,28). The van der Waals surface area contributed by atoms with Gasteiger partial charge in [0.25, 0.3) is 0 Å². The first kappa shape index (κ1) is 19.4. The van der Waals surface area contributed by atoms with Crippen molar-refractivity contribution >= 4 is 11.6 Å². The highest BCUT2D eigenvalue weighted by atomic mass is 19.2. The monoisotopic (exact) mass is 393 g/mol. The number of carbonyl (C=O) groups excluding carboxylic acids is 1. The molecule has 0 spiro atoms. The van der Waals surface area contributed by atoms with Crippen LogP contribution in [-0.2, 0) is 11.2 Å². The van der Waals surface area contributed by atoms with E-state index in [2.05, 4.69) is 15.3 Å². The van der Waals surface area contributed by atoms with Gasteiger partial charge in [-0.25, -0.2) is 31.9 Å². The van der Waals surface area contributed by atoms with E-state index < -0.39 is 47.0 Å². The SMILES string of the molecule is Cc1nccc(-c2cccc(NC(=O)Cc3c(F)c(F)c(F)c(F)c3F)c2)n1. The van der Waals surface area contributed by atoms with Crippen molar-refractivity contribution < 1.29 is 26.7 Å². The van der Waals surface area contributed by atoms with Gasteiger partial charge in [-0.1, -0.05) is 12.1 Å². The lowest BCUT2D eigenvalue weighted by atomic mass is 10.1. The molecule has 1 amide bonds. The molecule has 0 bridgehead atoms. The topological polar surface area (TPSA) is 54.9 Å². The van der Waals surface area contributed by atoms with E-state index in [9.17, 15) is 26.7 Å². The van der Waals surface area contributed by atoms with Crippen LogP contribution >= 0.6 is 0 Å². The summed E-state index contributed by atoms with van der Waals surface area (Å²) in [5, 5.41) is 2.37. The molecule has 0 saturated carbocycles. The maximum Gasteiger partial charge on any atom is 0.229 e. The minimum atomic E-state index is -2.27. The van der Waals surface area contributed by atoms with Crippen LogP contribution in [0.25, 0.3) is 11.3 Å². The molecule has 0 aliphatic carbocycles. The Morgan fingerprint density at radius 1 is 0.964 bits per heavy atom. The number of aromatic nitrogens is 2. The van der Waals surface area contributed by atoms with Gasteiger partial charge >= 0.3 is 0 Å². The molecule has 4 nitrogen and oxygen atoms in total. The van der Waals surface area contributed by atoms with E-state index in [0.717, 1.165) is 0 Å². The number of carbonyl (C=O) groups is 1. The Kier molecular flexibility index (Phi) is 5.34. The molecule has 144 valence electrons. The lowest BCUT2D eigenvalue weighted by molar-refractivity contribution is -0.115. The second-order valence-corrected chi connectivity index (χ2v) is 5.84. The zero-order valence-electron chi connectivity index (χ0n) is 14.4. The molecule has 1 aromatic heterocycles. The number of halogens is 5. The summed E-state index contributed by atoms with van der Waals surface area (Å²) in [7, 11) is 0. The van der Waals surface area contributed by atoms with Gasteiger partial charge in [0.2, 0.25) is 11.7 Å². The van der Waals surface area contributed by atoms with E-state index in [-0.39, 0.29) is 5.69 Å². The molecule has 3 aromatic rings. The number of benzene rings is 2. The predicted molar refractivity (Wildman–Crippen MR) is 90.8 cm³/mol. The first-order valence-electron chi connectivity index (χ1n) is 7.98. The third-order valence-corrected chi connectivity index (χ3v) is 3.86. The van der Waals surface area contributed by atoms with Crippen molar-refractivity contribution in [3.05, 3.63) is 77.0 Å². The first-order chi connectivity index (χ1) is 13.3. The zero-order chi connectivity index (χ0) is 20.4. The van der Waals surface area contributed by atoms with Gasteiger partial charge in [-0.2, -0.15) is 0 Å². The molecule has 0 fully saturated rings. The van der Waals surface area contributed by atoms with E-state index in [0.29, 0.717) is 17.1 Å². The van der Waals surface area contributed by atoms with Gasteiger partial charge in [0, 0.05) is 23.0 Å². The molecule has 2 aromatic carbocycles. The number of rotatable bonds is 4. The average Bonchev–Trinajstić information content (AvgIpc) is 2.68. The molecule has 9 heteroatoms. The summed E-state index contributed by atoms with van der Waals surface area (Å²) in [4.78, 5) is 20.3. The first-order valence-corrected chi connectivity index (χ1v) is 7.98. The van der Waals surface area contributed by atoms with Crippen molar-refractivity contribution in [2.45, 2.75) is 13.3 Å². The van der Waals surface area contributed by atoms with E-state index in [4.69, 9.17) is 0 Å². The zero-order valence-corrected chi connectivity index (χ0v) is 14.4. The summed E-state index contributed by atoms with van der Waals surface area (Å²) >= 11 is 0. The molecule has 0 radical (unpaired) electrons. The molecule has 0 aliphatic heterocycles. The van der Waals surface area contributed by atoms with Gasteiger partial charge in [-0.3, -0.25) is 4.79 Å². The quantitative estimate of drug-likeness (QED) is 0.408. The molecular weight excluding hydrogens is 381 g/mol. The lowest BCUT2D eigenvalue weighted by Gasteiger charge is -2.10. The van der Waals surface area contributed by atoms with Crippen LogP contribution in [0.5, 0.6) is 0 Å². The highest BCUT2D eigenvalue weighted by Gasteiger charge is 2.26. The van der Waals surface area contributed by atoms with Crippen LogP contribution in [0.15, 0.2) is 36.5 Å². The molecular formula is C19H12F5N3O. The van der Waals surface area contributed by atoms with Gasteiger partial charge in [0.1, 0.15) is 5.82 Å². The molecule has 0 aliphatic rings. The van der Waals surface area contributed by atoms with E-state index in [1.165, 1.54) is 6.07 Å². The van der Waals surface area contributed by atoms with Crippen molar-refractivity contribution in [1.29, 1.82) is 0 Å². The van der Waals surface area contributed by atoms with Crippen LogP contribution in [0.4, 0.5) is 27.6 Å². The fraction of sp³-hybridized carbons (Fsp3) is 0.105. The Morgan fingerprint density at radius 2 is 1.61 bits per heavy atom. The highest BCUT2D eigenvalue weighted by molar-refractivity contribution is 5.93. The summed E-state index contributed by atoms with van der Waals surface area (Å²) in [6.45, 7) is 1.71. The van der Waals surface area contributed by atoms with Gasteiger partial charge in [0.05, 0.1) is 12.1 Å². The number of nitrogens with one attached hydrogen (secondary N) is 1. The van der Waals surface area contributed by atoms with Crippen molar-refractivity contribution in [3.8, 4) is 11.3 Å². The fourth-order valence-electron chi connectivity index (χ4n) is 2.54. The second kappa shape index (κ2) is 7.71. The van der Waals surface area contributed by atoms with Crippen molar-refractivity contribution in [1.82, 2.24) is 9.97 Å². The second-order valence-electron chi connectivity index (χ2n) is 5.84. The minimum absolute atomic E-state index is 0.266. The van der Waals surface area contributed by atoms with Crippen molar-refractivity contribution in [2.75, 3.05) is 5.32 Å². The Bertz CT molecular complexity index is 1040. The van der Waals surface area contributed by atoms with Crippen LogP contribution in [0, 0.1) is 36.0 Å². The number of amides is 1. The Hall–Kier alpha value is -3.36. The Balaban J connectivity index is 1.83. The summed E-state index contributed by atoms with van der Waals surface area (Å²) in [5.74, 6) is -10.9. The predicted octanol–water partition coefficient (Wildman–Crippen LogP) is 4.33. The molecule has 0 atom stereocenters. The van der Waals surface area contributed by atoms with Gasteiger partial charge in [-0.05, 0) is 25.1 Å². The molecule has 3 rings (SSSR count). The normalized spacial score (nSPS) is 10.8. The number of hydrogen-bond donors (Lipinski definition) is 1. The number of anilines is 1. The maximum absolute atomic E-state index is 13.7. The van der Waals surface area contributed by atoms with E-state index in [1.54, 1.807) is 37.4 Å². The van der Waals surface area contributed by atoms with Gasteiger partial charge in [-0.15, -0.1) is 0 Å². The molecule has 28 heavy (non-hydrogen) atoms. The Labute approximate surface area is 156 Å². The summed E-state index contributed by atoms with van der Waals surface area (Å²) in [6, 6.07) is 8.05. The minimum Gasteiger partial charge on any atom is -0.326 e. The summed E-state index contributed by atoms with van der Waals surface area (Å²) < 4.78 is 67.0. The van der Waals surface area contributed by atoms with Crippen molar-refractivity contribution in [2.24, 2.45) is 0 Å². The fourth-order valence-corrected chi connectivity index (χ4v) is 2.54. The number of aryl methyl sites for hydroxylation is 1. The Morgan fingerprint density at radius 3 is 2.25 bits per heavy atom. The summed E-state index contributed by atoms with van der Waals surface area (Å²) in [6.07, 6.45) is 0.536. The van der Waals surface area contributed by atoms with Crippen molar-refractivity contribution in [3.63, 3.8) is 0 Å². The van der Waals surface area contributed by atoms with Crippen LogP contribution in [0.1, 0.15) is 11.4 Å². The maximum atomic E-state index is 13.7. The number of nitrogens with zero attached hydrogens (tertiary/aromatic N) is 2. The lowest BCUT2D eigenvalue weighted by Crippen LogP contribution is -2.18. The van der Waals surface area contributed by atoms with Crippen LogP contribution in [0.3, 0.4) is 0 Å². The number of hydrogen-bond acceptors (Lipinski definition) is 3. The molecule has 0 saturated heterocycles. The van der Waals surface area contributed by atoms with Crippen LogP contribution in [0.2, 0.25) is 0 Å². The average molecular weight is 393 g/mol. The highest BCUT2D eigenvalue weighted by Crippen LogP contribution is 2.24. The molecule has 1 heterocycles. The van der Waals surface area contributed by atoms with Crippen LogP contribution in [-0.4, -0.2) is 15.9 Å². The largest absolute Gasteiger partial charge is 0.326 e. The van der Waals surface area contributed by atoms with Crippen LogP contribution < -0.4 is 5.32 Å².